The van der Waals surface area contributed by atoms with Crippen molar-refractivity contribution in [1.29, 1.82) is 5.26 Å². The quantitative estimate of drug-likeness (QED) is 0.237. The van der Waals surface area contributed by atoms with Crippen molar-refractivity contribution in [3.05, 3.63) is 20.2 Å². The maximum atomic E-state index is 10.2. The summed E-state index contributed by atoms with van der Waals surface area (Å²) in [4.78, 5) is 18.0. The Balaban J connectivity index is 3.05. The predicted octanol–water partition coefficient (Wildman–Crippen LogP) is -0.842. The Hall–Kier alpha value is -1.75. The lowest BCUT2D eigenvalue weighted by Gasteiger charge is -2.04. The largest absolute Gasteiger partial charge is 0.571 e. The number of hydrogen-bond donors (Lipinski definition) is 0. The molecular weight excluding hydrogens is 170 g/mol. The molecule has 1 atom stereocenters. The first-order chi connectivity index (χ1) is 5.55. The average molecular weight is 173 g/mol. The molecule has 0 bridgehead atoms. The molecule has 0 aliphatic carbocycles. The van der Waals surface area contributed by atoms with Gasteiger partial charge in [0.05, 0.1) is 6.61 Å². The van der Waals surface area contributed by atoms with Crippen LogP contribution in [0.25, 0.3) is 0 Å². The number of hydrogen-bond acceptors (Lipinski definition) is 6. The van der Waals surface area contributed by atoms with E-state index in [9.17, 15) is 20.2 Å². The maximum Gasteiger partial charge on any atom is 0.571 e. The van der Waals surface area contributed by atoms with Crippen molar-refractivity contribution >= 4 is 0 Å². The van der Waals surface area contributed by atoms with E-state index >= 15 is 0 Å². The molecule has 0 N–H and O–H groups in total. The number of nitrogens with zero attached hydrogens (tertiary/aromatic N) is 3. The number of ether oxygens (including phenoxy) is 1. The smallest absolute Gasteiger partial charge is 0.357 e. The minimum Gasteiger partial charge on any atom is -0.357 e. The Morgan fingerprint density at radius 1 is 1.50 bits per heavy atom. The topological polar surface area (TPSA) is 123 Å². The fourth-order valence-electron chi connectivity index (χ4n) is 0.736. The van der Waals surface area contributed by atoms with Crippen molar-refractivity contribution < 1.29 is 14.6 Å². The highest BCUT2D eigenvalue weighted by molar-refractivity contribution is 5.02. The standard InChI is InChI=1S/C4H3N3O5/c5-2-4(6(8)9,7(10)11)3-1-12-3/h3H,1H2. The zero-order valence-electron chi connectivity index (χ0n) is 5.67. The molecule has 0 aromatic rings. The summed E-state index contributed by atoms with van der Waals surface area (Å²) in [5.41, 5.74) is -2.82. The third kappa shape index (κ3) is 0.876. The van der Waals surface area contributed by atoms with Gasteiger partial charge in [-0.3, -0.25) is 20.2 Å². The van der Waals surface area contributed by atoms with E-state index in [-0.39, 0.29) is 6.61 Å². The molecule has 1 unspecified atom stereocenters. The summed E-state index contributed by atoms with van der Waals surface area (Å²) in [6.45, 7) is -0.116. The van der Waals surface area contributed by atoms with Gasteiger partial charge >= 0.3 is 5.66 Å². The van der Waals surface area contributed by atoms with Crippen molar-refractivity contribution in [2.75, 3.05) is 6.61 Å². The van der Waals surface area contributed by atoms with Crippen molar-refractivity contribution in [1.82, 2.24) is 0 Å². The van der Waals surface area contributed by atoms with Crippen LogP contribution in [-0.2, 0) is 4.74 Å². The van der Waals surface area contributed by atoms with Crippen LogP contribution in [0.2, 0.25) is 0 Å². The molecule has 0 aromatic heterocycles. The Labute approximate surface area is 65.6 Å². The van der Waals surface area contributed by atoms with E-state index in [0.717, 1.165) is 6.07 Å². The monoisotopic (exact) mass is 173 g/mol. The van der Waals surface area contributed by atoms with Crippen LogP contribution in [0.1, 0.15) is 0 Å². The van der Waals surface area contributed by atoms with E-state index in [2.05, 4.69) is 4.74 Å². The van der Waals surface area contributed by atoms with Crippen LogP contribution in [0, 0.1) is 31.6 Å². The summed E-state index contributed by atoms with van der Waals surface area (Å²) >= 11 is 0. The molecular formula is C4H3N3O5. The lowest BCUT2D eigenvalue weighted by atomic mass is 10.1. The highest BCUT2D eigenvalue weighted by Crippen LogP contribution is 2.27. The summed E-state index contributed by atoms with van der Waals surface area (Å²) in [5.74, 6) is 0. The summed E-state index contributed by atoms with van der Waals surface area (Å²) in [7, 11) is 0. The molecule has 8 heteroatoms. The van der Waals surface area contributed by atoms with E-state index < -0.39 is 21.6 Å². The van der Waals surface area contributed by atoms with Gasteiger partial charge in [0.1, 0.15) is 9.85 Å². The van der Waals surface area contributed by atoms with Crippen LogP contribution < -0.4 is 0 Å². The Kier molecular flexibility index (Phi) is 1.66. The molecule has 1 heterocycles. The summed E-state index contributed by atoms with van der Waals surface area (Å²) < 4.78 is 4.38. The molecule has 0 amide bonds. The molecule has 1 rings (SSSR count). The van der Waals surface area contributed by atoms with Crippen LogP contribution in [0.4, 0.5) is 0 Å². The average Bonchev–Trinajstić information content (AvgIpc) is 2.72. The molecule has 0 saturated carbocycles. The van der Waals surface area contributed by atoms with Gasteiger partial charge in [-0.2, -0.15) is 5.26 Å². The highest BCUT2D eigenvalue weighted by Gasteiger charge is 2.70. The van der Waals surface area contributed by atoms with Gasteiger partial charge < -0.3 is 4.74 Å². The maximum absolute atomic E-state index is 10.2. The van der Waals surface area contributed by atoms with Crippen LogP contribution in [0.3, 0.4) is 0 Å². The SMILES string of the molecule is N#CC(C1CO1)([N+](=O)[O-])[N+](=O)[O-]. The van der Waals surface area contributed by atoms with Crippen molar-refractivity contribution in [2.24, 2.45) is 0 Å². The highest BCUT2D eigenvalue weighted by atomic mass is 16.7. The number of rotatable bonds is 3. The second-order valence-electron chi connectivity index (χ2n) is 2.17. The van der Waals surface area contributed by atoms with Gasteiger partial charge in [-0.25, -0.2) is 0 Å². The zero-order chi connectivity index (χ0) is 9.35. The third-order valence-electron chi connectivity index (χ3n) is 1.50. The number of epoxide rings is 1. The second kappa shape index (κ2) is 2.38. The van der Waals surface area contributed by atoms with Gasteiger partial charge in [0.15, 0.2) is 0 Å². The lowest BCUT2D eigenvalue weighted by molar-refractivity contribution is -0.779. The Morgan fingerprint density at radius 2 is 1.92 bits per heavy atom. The summed E-state index contributed by atoms with van der Waals surface area (Å²) in [5, 5.41) is 28.8. The zero-order valence-corrected chi connectivity index (χ0v) is 5.67. The second-order valence-corrected chi connectivity index (χ2v) is 2.17. The van der Waals surface area contributed by atoms with E-state index in [0.29, 0.717) is 0 Å². The fourth-order valence-corrected chi connectivity index (χ4v) is 0.736. The van der Waals surface area contributed by atoms with Crippen molar-refractivity contribution in [3.63, 3.8) is 0 Å². The van der Waals surface area contributed by atoms with E-state index in [1.807, 2.05) is 0 Å². The first kappa shape index (κ1) is 8.35. The molecule has 1 aliphatic heterocycles. The van der Waals surface area contributed by atoms with Crippen LogP contribution in [0.5, 0.6) is 0 Å². The molecule has 1 fully saturated rings. The van der Waals surface area contributed by atoms with Gasteiger partial charge in [-0.05, 0) is 0 Å². The van der Waals surface area contributed by atoms with Crippen molar-refractivity contribution in [2.45, 2.75) is 11.8 Å². The van der Waals surface area contributed by atoms with E-state index in [1.54, 1.807) is 0 Å². The van der Waals surface area contributed by atoms with Crippen LogP contribution in [-0.4, -0.2) is 28.2 Å². The minimum absolute atomic E-state index is 0.116. The van der Waals surface area contributed by atoms with Crippen LogP contribution in [0.15, 0.2) is 0 Å². The van der Waals surface area contributed by atoms with Gasteiger partial charge in [0.25, 0.3) is 0 Å². The van der Waals surface area contributed by atoms with E-state index in [4.69, 9.17) is 5.26 Å². The van der Waals surface area contributed by atoms with Gasteiger partial charge in [-0.15, -0.1) is 0 Å². The predicted molar refractivity (Wildman–Crippen MR) is 32.1 cm³/mol. The third-order valence-corrected chi connectivity index (χ3v) is 1.50. The fraction of sp³-hybridized carbons (Fsp3) is 0.750. The molecule has 1 aliphatic rings. The molecule has 12 heavy (non-hydrogen) atoms. The molecule has 64 valence electrons. The normalized spacial score (nSPS) is 21.1. The van der Waals surface area contributed by atoms with E-state index in [1.165, 1.54) is 0 Å². The number of nitriles is 1. The molecule has 0 radical (unpaired) electrons. The van der Waals surface area contributed by atoms with Crippen molar-refractivity contribution in [3.8, 4) is 6.07 Å². The first-order valence-electron chi connectivity index (χ1n) is 2.87. The van der Waals surface area contributed by atoms with Gasteiger partial charge in [-0.1, -0.05) is 0 Å². The molecule has 0 spiro atoms. The molecule has 8 nitrogen and oxygen atoms in total. The first-order valence-corrected chi connectivity index (χ1v) is 2.87. The number of nitro groups is 2. The molecule has 1 saturated heterocycles. The molecule has 0 aromatic carbocycles. The summed E-state index contributed by atoms with van der Waals surface area (Å²) in [6, 6.07) is 1.05. The summed E-state index contributed by atoms with van der Waals surface area (Å²) in [6.07, 6.45) is -1.22. The van der Waals surface area contributed by atoms with Crippen LogP contribution >= 0.6 is 0 Å². The Bertz CT molecular complexity index is 263. The minimum atomic E-state index is -2.82. The van der Waals surface area contributed by atoms with Gasteiger partial charge in [0, 0.05) is 0 Å². The Morgan fingerprint density at radius 3 is 2.00 bits per heavy atom. The lowest BCUT2D eigenvalue weighted by Crippen LogP contribution is -2.50. The van der Waals surface area contributed by atoms with Gasteiger partial charge in [0.2, 0.25) is 12.2 Å².